The Bertz CT molecular complexity index is 3500. The molecule has 4 N–H and O–H groups in total. The Morgan fingerprint density at radius 3 is 0.987 bits per heavy atom. The minimum atomic E-state index is -0.810. The molecule has 8 nitrogen and oxygen atoms in total. The first kappa shape index (κ1) is 54.2. The number of carbonyl (C=O) groups is 4. The third-order valence-corrected chi connectivity index (χ3v) is 14.9. The molecule has 0 saturated heterocycles. The summed E-state index contributed by atoms with van der Waals surface area (Å²) in [7, 11) is 0. The van der Waals surface area contributed by atoms with Crippen molar-refractivity contribution in [2.75, 3.05) is 10.6 Å². The summed E-state index contributed by atoms with van der Waals surface area (Å²) in [5.74, 6) is -0.709. The van der Waals surface area contributed by atoms with Gasteiger partial charge >= 0.3 is 0 Å². The molecular formula is C70H70N4O4. The van der Waals surface area contributed by atoms with Crippen molar-refractivity contribution in [3.8, 4) is 44.5 Å². The maximum absolute atomic E-state index is 14.6. The number of fused-ring (bicyclic) bond motifs is 2. The van der Waals surface area contributed by atoms with Crippen LogP contribution in [0.25, 0.3) is 66.1 Å². The number of aryl methyl sites for hydroxylation is 4. The molecule has 0 bridgehead atoms. The Kier molecular flexibility index (Phi) is 15.1. The van der Waals surface area contributed by atoms with E-state index in [1.165, 1.54) is 0 Å². The molecule has 9 rings (SSSR count). The highest BCUT2D eigenvalue weighted by Crippen LogP contribution is 2.49. The van der Waals surface area contributed by atoms with Gasteiger partial charge in [-0.25, -0.2) is 0 Å². The largest absolute Gasteiger partial charge is 0.346 e. The van der Waals surface area contributed by atoms with Crippen molar-refractivity contribution in [3.05, 3.63) is 214 Å². The Morgan fingerprint density at radius 1 is 0.372 bits per heavy atom. The number of anilines is 2. The first-order valence-corrected chi connectivity index (χ1v) is 26.9. The van der Waals surface area contributed by atoms with Gasteiger partial charge < -0.3 is 21.3 Å². The molecule has 2 atom stereocenters. The summed E-state index contributed by atoms with van der Waals surface area (Å²) in [6.07, 6.45) is 0. The molecule has 4 amide bonds. The first-order valence-electron chi connectivity index (χ1n) is 26.9. The number of rotatable bonds is 12. The van der Waals surface area contributed by atoms with Crippen LogP contribution in [0.3, 0.4) is 0 Å². The quantitative estimate of drug-likeness (QED) is 0.0975. The van der Waals surface area contributed by atoms with Gasteiger partial charge in [-0.05, 0) is 130 Å². The van der Waals surface area contributed by atoms with Crippen LogP contribution in [0.4, 0.5) is 11.4 Å². The lowest BCUT2D eigenvalue weighted by atomic mass is 9.85. The summed E-state index contributed by atoms with van der Waals surface area (Å²) in [5.41, 5.74) is 13.0. The highest BCUT2D eigenvalue weighted by atomic mass is 16.2. The molecule has 0 aliphatic carbocycles. The Labute approximate surface area is 459 Å². The van der Waals surface area contributed by atoms with Crippen molar-refractivity contribution < 1.29 is 19.2 Å². The summed E-state index contributed by atoms with van der Waals surface area (Å²) < 4.78 is 0. The fourth-order valence-electron chi connectivity index (χ4n) is 10.7. The van der Waals surface area contributed by atoms with Crippen molar-refractivity contribution in [3.63, 3.8) is 0 Å². The molecule has 0 aliphatic heterocycles. The van der Waals surface area contributed by atoms with Crippen LogP contribution in [0.1, 0.15) is 122 Å². The third kappa shape index (κ3) is 11.0. The van der Waals surface area contributed by atoms with E-state index in [0.717, 1.165) is 99.4 Å². The molecule has 9 aromatic rings. The summed E-state index contributed by atoms with van der Waals surface area (Å²) in [4.78, 5) is 57.1. The monoisotopic (exact) mass is 1030 g/mol. The maximum Gasteiger partial charge on any atom is 0.252 e. The van der Waals surface area contributed by atoms with Gasteiger partial charge in [0.15, 0.2) is 0 Å². The van der Waals surface area contributed by atoms with Crippen LogP contribution in [-0.4, -0.2) is 23.6 Å². The molecule has 394 valence electrons. The number of hydrogen-bond donors (Lipinski definition) is 4. The lowest BCUT2D eigenvalue weighted by molar-refractivity contribution is -0.124. The Balaban J connectivity index is 1.23. The second kappa shape index (κ2) is 21.8. The van der Waals surface area contributed by atoms with E-state index < -0.39 is 10.8 Å². The van der Waals surface area contributed by atoms with Gasteiger partial charge in [0.1, 0.15) is 0 Å². The van der Waals surface area contributed by atoms with E-state index >= 15 is 0 Å². The number of benzene rings is 9. The second-order valence-electron chi connectivity index (χ2n) is 22.9. The van der Waals surface area contributed by atoms with Crippen molar-refractivity contribution in [2.24, 2.45) is 10.8 Å². The Hall–Kier alpha value is -8.62. The van der Waals surface area contributed by atoms with Gasteiger partial charge in [-0.15, -0.1) is 0 Å². The van der Waals surface area contributed by atoms with Gasteiger partial charge in [0.05, 0.1) is 23.5 Å². The summed E-state index contributed by atoms with van der Waals surface area (Å²) in [6, 6.07) is 56.8. The normalized spacial score (nSPS) is 12.5. The molecule has 2 unspecified atom stereocenters. The van der Waals surface area contributed by atoms with Crippen LogP contribution < -0.4 is 21.3 Å². The third-order valence-electron chi connectivity index (χ3n) is 14.9. The van der Waals surface area contributed by atoms with Gasteiger partial charge in [-0.3, -0.25) is 19.2 Å². The minimum absolute atomic E-state index is 0.133. The van der Waals surface area contributed by atoms with E-state index in [2.05, 4.69) is 106 Å². The highest BCUT2D eigenvalue weighted by Gasteiger charge is 2.30. The maximum atomic E-state index is 14.6. The summed E-state index contributed by atoms with van der Waals surface area (Å²) in [5, 5.41) is 17.1. The van der Waals surface area contributed by atoms with Crippen molar-refractivity contribution in [1.29, 1.82) is 0 Å². The average Bonchev–Trinajstić information content (AvgIpc) is 3.60. The molecule has 78 heavy (non-hydrogen) atoms. The molecule has 0 aliphatic rings. The van der Waals surface area contributed by atoms with Gasteiger partial charge in [0, 0.05) is 33.1 Å². The van der Waals surface area contributed by atoms with E-state index in [4.69, 9.17) is 0 Å². The van der Waals surface area contributed by atoms with Crippen LogP contribution in [0.15, 0.2) is 170 Å². The predicted molar refractivity (Wildman–Crippen MR) is 323 cm³/mol. The van der Waals surface area contributed by atoms with Gasteiger partial charge in [-0.1, -0.05) is 211 Å². The molecule has 0 saturated carbocycles. The van der Waals surface area contributed by atoms with E-state index in [0.29, 0.717) is 22.5 Å². The van der Waals surface area contributed by atoms with E-state index in [1.807, 2.05) is 168 Å². The molecule has 9 aromatic carbocycles. The number of carbonyl (C=O) groups excluding carboxylic acids is 4. The fraction of sp³-hybridized carbons (Fsp3) is 0.229. The minimum Gasteiger partial charge on any atom is -0.346 e. The van der Waals surface area contributed by atoms with Crippen molar-refractivity contribution in [2.45, 2.75) is 95.2 Å². The van der Waals surface area contributed by atoms with Crippen LogP contribution in [0.2, 0.25) is 0 Å². The number of amides is 4. The predicted octanol–water partition coefficient (Wildman–Crippen LogP) is 16.8. The second-order valence-corrected chi connectivity index (χ2v) is 22.9. The SMILES string of the molecule is Cc1cc(-c2cccc3cccc(-c4ccc(-c5cccc6cccc(-c7cc(C)c(C(=O)NC(C)c8ccccc8)c(C)c7)c56)c(NC(=O)C(C)(C)C)c4NC(=O)C(C)(C)C)c23)cc(C)c1C(=O)NC(C)c1ccccc1. The highest BCUT2D eigenvalue weighted by molar-refractivity contribution is 6.17. The van der Waals surface area contributed by atoms with Crippen molar-refractivity contribution >= 4 is 56.5 Å². The number of nitrogens with one attached hydrogen (secondary N) is 4. The van der Waals surface area contributed by atoms with E-state index in [9.17, 15) is 19.2 Å². The smallest absolute Gasteiger partial charge is 0.252 e. The van der Waals surface area contributed by atoms with Gasteiger partial charge in [0.2, 0.25) is 11.8 Å². The zero-order valence-corrected chi connectivity index (χ0v) is 47.0. The molecular weight excluding hydrogens is 961 g/mol. The van der Waals surface area contributed by atoms with Crippen LogP contribution in [0.5, 0.6) is 0 Å². The number of hydrogen-bond acceptors (Lipinski definition) is 4. The molecule has 0 radical (unpaired) electrons. The topological polar surface area (TPSA) is 116 Å². The first-order chi connectivity index (χ1) is 37.1. The van der Waals surface area contributed by atoms with Crippen LogP contribution in [-0.2, 0) is 9.59 Å². The zero-order valence-electron chi connectivity index (χ0n) is 47.0. The lowest BCUT2D eigenvalue weighted by Crippen LogP contribution is -2.31. The van der Waals surface area contributed by atoms with E-state index in [1.54, 1.807) is 0 Å². The lowest BCUT2D eigenvalue weighted by Gasteiger charge is -2.27. The Morgan fingerprint density at radius 2 is 0.679 bits per heavy atom. The average molecular weight is 1030 g/mol. The zero-order chi connectivity index (χ0) is 55.8. The standard InChI is InChI=1S/C70H70N4O4/c1-41-37-51(38-42(2)59(41)65(75)71-45(5)47-23-15-13-16-24-47)53-31-19-27-49-29-21-33-55(61(49)53)57-35-36-58(64(74-68(78)70(10,11)12)63(57)73-67(77)69(7,8)9)56-34-22-30-50-28-20-32-54(62(50)56)52-39-43(3)60(44(4)40-52)66(76)72-46(6)48-25-17-14-18-26-48/h13-40,45-46H,1-12H3,(H,71,75)(H,72,76)(H,73,77)(H,74,78). The molecule has 0 fully saturated rings. The van der Waals surface area contributed by atoms with Crippen LogP contribution >= 0.6 is 0 Å². The van der Waals surface area contributed by atoms with Crippen molar-refractivity contribution in [1.82, 2.24) is 10.6 Å². The fourth-order valence-corrected chi connectivity index (χ4v) is 10.7. The van der Waals surface area contributed by atoms with Gasteiger partial charge in [-0.2, -0.15) is 0 Å². The van der Waals surface area contributed by atoms with Gasteiger partial charge in [0.25, 0.3) is 11.8 Å². The summed E-state index contributed by atoms with van der Waals surface area (Å²) in [6.45, 7) is 23.2. The molecule has 0 aromatic heterocycles. The molecule has 0 spiro atoms. The van der Waals surface area contributed by atoms with Crippen LogP contribution in [0, 0.1) is 38.5 Å². The summed E-state index contributed by atoms with van der Waals surface area (Å²) >= 11 is 0. The molecule has 8 heteroatoms. The van der Waals surface area contributed by atoms with E-state index in [-0.39, 0.29) is 35.7 Å². The molecule has 0 heterocycles.